The van der Waals surface area contributed by atoms with Crippen LogP contribution in [0.15, 0.2) is 6.07 Å². The molecule has 6 heteroatoms. The molecule has 0 bridgehead atoms. The normalized spacial score (nSPS) is 26.3. The van der Waals surface area contributed by atoms with Gasteiger partial charge in [-0.15, -0.1) is 0 Å². The molecule has 3 heterocycles. The van der Waals surface area contributed by atoms with E-state index in [0.29, 0.717) is 0 Å². The van der Waals surface area contributed by atoms with E-state index in [1.54, 1.807) is 0 Å². The molecule has 1 amide bonds. The first kappa shape index (κ1) is 15.3. The Hall–Kier alpha value is -1.56. The minimum absolute atomic E-state index is 0.0536. The van der Waals surface area contributed by atoms with Gasteiger partial charge < -0.3 is 14.5 Å². The number of hydrogen-bond donors (Lipinski definition) is 1. The fourth-order valence-corrected chi connectivity index (χ4v) is 3.48. The van der Waals surface area contributed by atoms with E-state index in [1.807, 2.05) is 11.8 Å². The summed E-state index contributed by atoms with van der Waals surface area (Å²) in [6, 6.07) is 2.06. The van der Waals surface area contributed by atoms with Crippen molar-refractivity contribution in [2.24, 2.45) is 5.92 Å². The third-order valence-corrected chi connectivity index (χ3v) is 4.77. The van der Waals surface area contributed by atoms with Crippen molar-refractivity contribution in [3.63, 3.8) is 0 Å². The first-order chi connectivity index (χ1) is 10.7. The van der Waals surface area contributed by atoms with Crippen LogP contribution < -0.4 is 4.90 Å². The van der Waals surface area contributed by atoms with Gasteiger partial charge in [-0.25, -0.2) is 0 Å². The molecule has 0 spiro atoms. The van der Waals surface area contributed by atoms with Crippen molar-refractivity contribution in [2.45, 2.75) is 39.2 Å². The van der Waals surface area contributed by atoms with Gasteiger partial charge in [-0.05, 0) is 26.2 Å². The number of aryl methyl sites for hydroxylation is 1. The largest absolute Gasteiger partial charge is 0.377 e. The summed E-state index contributed by atoms with van der Waals surface area (Å²) in [7, 11) is 0. The molecular formula is C16H26N4O2. The number of nitrogens with one attached hydrogen (secondary N) is 1. The zero-order valence-electron chi connectivity index (χ0n) is 13.5. The van der Waals surface area contributed by atoms with Crippen LogP contribution in [0.4, 0.5) is 5.82 Å². The van der Waals surface area contributed by atoms with Gasteiger partial charge in [0.25, 0.3) is 0 Å². The standard InChI is InChI=1S/C16H26N4O2/c1-3-14-13(5-4-10-22-14)16(21)20-8-6-19(7-9-20)15-11-12(2)17-18-15/h11,13-14H,3-10H2,1-2H3,(H,17,18)/t13-,14-/m1/s1. The second-order valence-corrected chi connectivity index (χ2v) is 6.29. The van der Waals surface area contributed by atoms with Crippen molar-refractivity contribution in [3.05, 3.63) is 11.8 Å². The van der Waals surface area contributed by atoms with Crippen molar-refractivity contribution in [3.8, 4) is 0 Å². The average molecular weight is 306 g/mol. The number of aromatic amines is 1. The number of nitrogens with zero attached hydrogens (tertiary/aromatic N) is 3. The van der Waals surface area contributed by atoms with Crippen LogP contribution in [0.3, 0.4) is 0 Å². The predicted octanol–water partition coefficient (Wildman–Crippen LogP) is 1.57. The van der Waals surface area contributed by atoms with E-state index < -0.39 is 0 Å². The van der Waals surface area contributed by atoms with Crippen LogP contribution in [-0.4, -0.2) is 59.9 Å². The highest BCUT2D eigenvalue weighted by atomic mass is 16.5. The van der Waals surface area contributed by atoms with Crippen molar-refractivity contribution in [1.82, 2.24) is 15.1 Å². The molecule has 0 radical (unpaired) electrons. The molecule has 122 valence electrons. The Morgan fingerprint density at radius 2 is 2.18 bits per heavy atom. The van der Waals surface area contributed by atoms with Crippen LogP contribution in [-0.2, 0) is 9.53 Å². The fraction of sp³-hybridized carbons (Fsp3) is 0.750. The van der Waals surface area contributed by atoms with E-state index in [0.717, 1.165) is 63.6 Å². The first-order valence-electron chi connectivity index (χ1n) is 8.36. The minimum Gasteiger partial charge on any atom is -0.377 e. The van der Waals surface area contributed by atoms with Gasteiger partial charge in [-0.2, -0.15) is 5.10 Å². The Morgan fingerprint density at radius 1 is 1.41 bits per heavy atom. The molecule has 0 saturated carbocycles. The summed E-state index contributed by atoms with van der Waals surface area (Å²) >= 11 is 0. The Balaban J connectivity index is 1.57. The lowest BCUT2D eigenvalue weighted by Gasteiger charge is -2.39. The Bertz CT molecular complexity index is 508. The van der Waals surface area contributed by atoms with E-state index in [9.17, 15) is 4.79 Å². The van der Waals surface area contributed by atoms with Crippen LogP contribution in [0.5, 0.6) is 0 Å². The second kappa shape index (κ2) is 6.69. The minimum atomic E-state index is 0.0536. The zero-order chi connectivity index (χ0) is 15.5. The lowest BCUT2D eigenvalue weighted by Crippen LogP contribution is -2.52. The smallest absolute Gasteiger partial charge is 0.228 e. The number of carbonyl (C=O) groups excluding carboxylic acids is 1. The van der Waals surface area contributed by atoms with Crippen LogP contribution in [0.25, 0.3) is 0 Å². The number of amides is 1. The van der Waals surface area contributed by atoms with Gasteiger partial charge in [0, 0.05) is 44.5 Å². The van der Waals surface area contributed by atoms with Gasteiger partial charge in [-0.3, -0.25) is 9.89 Å². The number of anilines is 1. The molecule has 2 fully saturated rings. The van der Waals surface area contributed by atoms with Crippen LogP contribution in [0.2, 0.25) is 0 Å². The monoisotopic (exact) mass is 306 g/mol. The highest BCUT2D eigenvalue weighted by molar-refractivity contribution is 5.79. The highest BCUT2D eigenvalue weighted by Gasteiger charge is 2.34. The molecule has 0 aliphatic carbocycles. The van der Waals surface area contributed by atoms with Crippen molar-refractivity contribution in [1.29, 1.82) is 0 Å². The summed E-state index contributed by atoms with van der Waals surface area (Å²) in [5.74, 6) is 1.32. The van der Waals surface area contributed by atoms with E-state index in [4.69, 9.17) is 4.74 Å². The number of carbonyl (C=O) groups is 1. The second-order valence-electron chi connectivity index (χ2n) is 6.29. The third kappa shape index (κ3) is 3.11. The van der Waals surface area contributed by atoms with Gasteiger partial charge in [0.05, 0.1) is 12.0 Å². The molecule has 2 saturated heterocycles. The van der Waals surface area contributed by atoms with Crippen LogP contribution in [0, 0.1) is 12.8 Å². The molecule has 0 aromatic carbocycles. The molecule has 2 aliphatic heterocycles. The summed E-state index contributed by atoms with van der Waals surface area (Å²) in [5, 5.41) is 7.28. The lowest BCUT2D eigenvalue weighted by atomic mass is 9.91. The molecule has 2 aliphatic rings. The van der Waals surface area contributed by atoms with Crippen LogP contribution >= 0.6 is 0 Å². The SMILES string of the molecule is CC[C@H]1OCCC[C@H]1C(=O)N1CCN(c2cc(C)[nH]n2)CC1. The summed E-state index contributed by atoms with van der Waals surface area (Å²) in [4.78, 5) is 17.0. The maximum atomic E-state index is 12.8. The topological polar surface area (TPSA) is 61.5 Å². The van der Waals surface area contributed by atoms with Crippen molar-refractivity contribution < 1.29 is 9.53 Å². The first-order valence-corrected chi connectivity index (χ1v) is 8.36. The summed E-state index contributed by atoms with van der Waals surface area (Å²) < 4.78 is 5.77. The van der Waals surface area contributed by atoms with Gasteiger partial charge >= 0.3 is 0 Å². The molecule has 22 heavy (non-hydrogen) atoms. The van der Waals surface area contributed by atoms with Crippen molar-refractivity contribution >= 4 is 11.7 Å². The molecule has 0 unspecified atom stereocenters. The molecule has 1 N–H and O–H groups in total. The van der Waals surface area contributed by atoms with E-state index in [-0.39, 0.29) is 17.9 Å². The van der Waals surface area contributed by atoms with E-state index >= 15 is 0 Å². The number of piperazine rings is 1. The molecule has 1 aromatic rings. The summed E-state index contributed by atoms with van der Waals surface area (Å²) in [6.45, 7) is 8.16. The lowest BCUT2D eigenvalue weighted by molar-refractivity contribution is -0.145. The van der Waals surface area contributed by atoms with E-state index in [1.165, 1.54) is 0 Å². The molecule has 6 nitrogen and oxygen atoms in total. The number of hydrogen-bond acceptors (Lipinski definition) is 4. The van der Waals surface area contributed by atoms with Crippen LogP contribution in [0.1, 0.15) is 31.9 Å². The number of H-pyrrole nitrogens is 1. The summed E-state index contributed by atoms with van der Waals surface area (Å²) in [5.41, 5.74) is 1.07. The molecule has 2 atom stereocenters. The van der Waals surface area contributed by atoms with Gasteiger partial charge in [-0.1, -0.05) is 6.92 Å². The Morgan fingerprint density at radius 3 is 2.82 bits per heavy atom. The fourth-order valence-electron chi connectivity index (χ4n) is 3.48. The Kier molecular flexibility index (Phi) is 4.66. The molecule has 3 rings (SSSR count). The van der Waals surface area contributed by atoms with Crippen molar-refractivity contribution in [2.75, 3.05) is 37.7 Å². The number of rotatable bonds is 3. The van der Waals surface area contributed by atoms with E-state index in [2.05, 4.69) is 28.1 Å². The average Bonchev–Trinajstić information content (AvgIpc) is 3.01. The zero-order valence-corrected chi connectivity index (χ0v) is 13.5. The maximum Gasteiger partial charge on any atom is 0.228 e. The van der Waals surface area contributed by atoms with Gasteiger partial charge in [0.15, 0.2) is 5.82 Å². The highest BCUT2D eigenvalue weighted by Crippen LogP contribution is 2.26. The summed E-state index contributed by atoms with van der Waals surface area (Å²) in [6.07, 6.45) is 2.99. The number of aromatic nitrogens is 2. The third-order valence-electron chi connectivity index (χ3n) is 4.77. The van der Waals surface area contributed by atoms with Gasteiger partial charge in [0.2, 0.25) is 5.91 Å². The molecular weight excluding hydrogens is 280 g/mol. The Labute approximate surface area is 131 Å². The predicted molar refractivity (Wildman–Crippen MR) is 84.9 cm³/mol. The quantitative estimate of drug-likeness (QED) is 0.921. The maximum absolute atomic E-state index is 12.8. The molecule has 1 aromatic heterocycles. The van der Waals surface area contributed by atoms with Gasteiger partial charge in [0.1, 0.15) is 0 Å². The number of ether oxygens (including phenoxy) is 1.